The maximum absolute atomic E-state index is 11.6. The third-order valence-electron chi connectivity index (χ3n) is 3.30. The summed E-state index contributed by atoms with van der Waals surface area (Å²) < 4.78 is 2.71. The molecule has 6 heteroatoms. The van der Waals surface area contributed by atoms with Crippen molar-refractivity contribution in [3.8, 4) is 0 Å². The fraction of sp³-hybridized carbons (Fsp3) is 0.462. The second kappa shape index (κ2) is 5.13. The van der Waals surface area contributed by atoms with Crippen molar-refractivity contribution in [3.05, 3.63) is 23.2 Å². The summed E-state index contributed by atoms with van der Waals surface area (Å²) in [5.41, 5.74) is 1.98. The zero-order valence-corrected chi connectivity index (χ0v) is 11.4. The minimum absolute atomic E-state index is 0.149. The van der Waals surface area contributed by atoms with Gasteiger partial charge in [0, 0.05) is 25.2 Å². The smallest absolute Gasteiger partial charge is 0.220 e. The van der Waals surface area contributed by atoms with Crippen LogP contribution in [0.25, 0.3) is 11.0 Å². The molecule has 0 spiro atoms. The van der Waals surface area contributed by atoms with Crippen LogP contribution in [0.3, 0.4) is 0 Å². The summed E-state index contributed by atoms with van der Waals surface area (Å²) in [6.07, 6.45) is 7.12. The molecule has 100 valence electrons. The molecule has 1 amide bonds. The lowest BCUT2D eigenvalue weighted by atomic mass is 10.3. The summed E-state index contributed by atoms with van der Waals surface area (Å²) in [7, 11) is 0. The molecule has 1 aliphatic rings. The molecular formula is C13H16N4OS. The van der Waals surface area contributed by atoms with Gasteiger partial charge in [-0.1, -0.05) is 0 Å². The monoisotopic (exact) mass is 276 g/mol. The molecule has 19 heavy (non-hydrogen) atoms. The number of carbonyl (C=O) groups is 1. The third-order valence-corrected chi connectivity index (χ3v) is 3.63. The zero-order valence-electron chi connectivity index (χ0n) is 10.6. The van der Waals surface area contributed by atoms with Crippen molar-refractivity contribution in [2.24, 2.45) is 0 Å². The van der Waals surface area contributed by atoms with Crippen molar-refractivity contribution in [2.45, 2.75) is 38.3 Å². The van der Waals surface area contributed by atoms with E-state index in [1.54, 1.807) is 12.4 Å². The summed E-state index contributed by atoms with van der Waals surface area (Å²) in [5, 5.41) is 2.99. The average molecular weight is 276 g/mol. The molecule has 1 fully saturated rings. The average Bonchev–Trinajstić information content (AvgIpc) is 3.14. The van der Waals surface area contributed by atoms with E-state index in [9.17, 15) is 4.79 Å². The first kappa shape index (κ1) is 12.3. The van der Waals surface area contributed by atoms with Gasteiger partial charge in [-0.25, -0.2) is 0 Å². The highest BCUT2D eigenvalue weighted by molar-refractivity contribution is 7.71. The first-order valence-corrected chi connectivity index (χ1v) is 6.97. The summed E-state index contributed by atoms with van der Waals surface area (Å²) >= 11 is 5.29. The molecule has 3 rings (SSSR count). The number of aromatic nitrogens is 3. The standard InChI is InChI=1S/C13H16N4OS/c18-12(15-9-3-4-9)2-1-7-17-11-5-6-14-8-10(11)16-13(17)19/h5-6,8-9H,1-4,7H2,(H,15,18)(H,16,19). The molecule has 2 heterocycles. The van der Waals surface area contributed by atoms with E-state index < -0.39 is 0 Å². The Kier molecular flexibility index (Phi) is 3.33. The minimum atomic E-state index is 0.149. The number of imidazole rings is 1. The Bertz CT molecular complexity index is 656. The second-order valence-corrected chi connectivity index (χ2v) is 5.31. The number of nitrogens with one attached hydrogen (secondary N) is 2. The number of hydrogen-bond donors (Lipinski definition) is 2. The largest absolute Gasteiger partial charge is 0.353 e. The lowest BCUT2D eigenvalue weighted by Crippen LogP contribution is -2.25. The Balaban J connectivity index is 1.63. The van der Waals surface area contributed by atoms with Gasteiger partial charge >= 0.3 is 0 Å². The van der Waals surface area contributed by atoms with Gasteiger partial charge in [0.15, 0.2) is 4.77 Å². The lowest BCUT2D eigenvalue weighted by molar-refractivity contribution is -0.121. The van der Waals surface area contributed by atoms with Crippen molar-refractivity contribution < 1.29 is 4.79 Å². The maximum atomic E-state index is 11.6. The lowest BCUT2D eigenvalue weighted by Gasteiger charge is -2.05. The molecule has 0 unspecified atom stereocenters. The van der Waals surface area contributed by atoms with Crippen LogP contribution in [0.4, 0.5) is 0 Å². The molecular weight excluding hydrogens is 260 g/mol. The van der Waals surface area contributed by atoms with E-state index in [0.717, 1.165) is 36.8 Å². The molecule has 1 saturated carbocycles. The van der Waals surface area contributed by atoms with E-state index in [0.29, 0.717) is 17.2 Å². The first-order valence-electron chi connectivity index (χ1n) is 6.56. The van der Waals surface area contributed by atoms with Crippen LogP contribution in [0.15, 0.2) is 18.5 Å². The topological polar surface area (TPSA) is 62.7 Å². The molecule has 0 saturated heterocycles. The number of H-pyrrole nitrogens is 1. The quantitative estimate of drug-likeness (QED) is 0.823. The molecule has 2 aromatic rings. The Morgan fingerprint density at radius 1 is 1.58 bits per heavy atom. The highest BCUT2D eigenvalue weighted by atomic mass is 32.1. The van der Waals surface area contributed by atoms with Gasteiger partial charge in [-0.05, 0) is 37.5 Å². The molecule has 1 aliphatic carbocycles. The van der Waals surface area contributed by atoms with E-state index >= 15 is 0 Å². The maximum Gasteiger partial charge on any atom is 0.220 e. The Morgan fingerprint density at radius 2 is 2.42 bits per heavy atom. The van der Waals surface area contributed by atoms with E-state index in [1.165, 1.54) is 0 Å². The highest BCUT2D eigenvalue weighted by Crippen LogP contribution is 2.19. The van der Waals surface area contributed by atoms with Crippen LogP contribution in [-0.2, 0) is 11.3 Å². The van der Waals surface area contributed by atoms with Crippen LogP contribution in [0.1, 0.15) is 25.7 Å². The number of amides is 1. The van der Waals surface area contributed by atoms with Gasteiger partial charge in [-0.15, -0.1) is 0 Å². The minimum Gasteiger partial charge on any atom is -0.353 e. The summed E-state index contributed by atoms with van der Waals surface area (Å²) in [4.78, 5) is 18.8. The Morgan fingerprint density at radius 3 is 3.21 bits per heavy atom. The van der Waals surface area contributed by atoms with Gasteiger partial charge in [-0.2, -0.15) is 0 Å². The van der Waals surface area contributed by atoms with Crippen LogP contribution in [-0.4, -0.2) is 26.5 Å². The van der Waals surface area contributed by atoms with Gasteiger partial charge in [0.1, 0.15) is 0 Å². The van der Waals surface area contributed by atoms with Gasteiger partial charge < -0.3 is 14.9 Å². The van der Waals surface area contributed by atoms with E-state index in [2.05, 4.69) is 15.3 Å². The molecule has 5 nitrogen and oxygen atoms in total. The van der Waals surface area contributed by atoms with Gasteiger partial charge in [0.2, 0.25) is 5.91 Å². The predicted octanol–water partition coefficient (Wildman–Crippen LogP) is 2.15. The number of hydrogen-bond acceptors (Lipinski definition) is 3. The third kappa shape index (κ3) is 2.84. The summed E-state index contributed by atoms with van der Waals surface area (Å²) in [5.74, 6) is 0.149. The Hall–Kier alpha value is -1.69. The molecule has 0 atom stereocenters. The first-order chi connectivity index (χ1) is 9.24. The fourth-order valence-corrected chi connectivity index (χ4v) is 2.46. The van der Waals surface area contributed by atoms with Gasteiger partial charge in [0.25, 0.3) is 0 Å². The molecule has 0 aromatic carbocycles. The molecule has 0 aliphatic heterocycles. The Labute approximate surface area is 116 Å². The van der Waals surface area contributed by atoms with E-state index in [1.807, 2.05) is 10.6 Å². The van der Waals surface area contributed by atoms with Crippen LogP contribution in [0, 0.1) is 4.77 Å². The molecule has 0 bridgehead atoms. The van der Waals surface area contributed by atoms with Gasteiger partial charge in [0.05, 0.1) is 17.2 Å². The fourth-order valence-electron chi connectivity index (χ4n) is 2.16. The molecule has 2 aromatic heterocycles. The van der Waals surface area contributed by atoms with Crippen molar-refractivity contribution in [1.29, 1.82) is 0 Å². The normalized spacial score (nSPS) is 14.7. The molecule has 2 N–H and O–H groups in total. The number of nitrogens with zero attached hydrogens (tertiary/aromatic N) is 2. The zero-order chi connectivity index (χ0) is 13.2. The number of aromatic amines is 1. The van der Waals surface area contributed by atoms with Crippen molar-refractivity contribution in [3.63, 3.8) is 0 Å². The number of pyridine rings is 1. The predicted molar refractivity (Wildman–Crippen MR) is 75.3 cm³/mol. The molecule has 0 radical (unpaired) electrons. The van der Waals surface area contributed by atoms with Crippen molar-refractivity contribution in [2.75, 3.05) is 0 Å². The van der Waals surface area contributed by atoms with E-state index in [-0.39, 0.29) is 5.91 Å². The van der Waals surface area contributed by atoms with Crippen molar-refractivity contribution >= 4 is 29.2 Å². The van der Waals surface area contributed by atoms with Crippen LogP contribution in [0.5, 0.6) is 0 Å². The van der Waals surface area contributed by atoms with Crippen molar-refractivity contribution in [1.82, 2.24) is 19.9 Å². The SMILES string of the molecule is O=C(CCCn1c(=S)[nH]c2cnccc21)NC1CC1. The van der Waals surface area contributed by atoms with Crippen LogP contribution >= 0.6 is 12.2 Å². The van der Waals surface area contributed by atoms with Crippen LogP contribution in [0.2, 0.25) is 0 Å². The number of aryl methyl sites for hydroxylation is 1. The number of carbonyl (C=O) groups excluding carboxylic acids is 1. The van der Waals surface area contributed by atoms with E-state index in [4.69, 9.17) is 12.2 Å². The summed E-state index contributed by atoms with van der Waals surface area (Å²) in [6.45, 7) is 0.751. The summed E-state index contributed by atoms with van der Waals surface area (Å²) in [6, 6.07) is 2.38. The number of rotatable bonds is 5. The van der Waals surface area contributed by atoms with Gasteiger partial charge in [-0.3, -0.25) is 9.78 Å². The van der Waals surface area contributed by atoms with Crippen LogP contribution < -0.4 is 5.32 Å². The number of fused-ring (bicyclic) bond motifs is 1. The highest BCUT2D eigenvalue weighted by Gasteiger charge is 2.22. The second-order valence-electron chi connectivity index (χ2n) is 4.92.